The van der Waals surface area contributed by atoms with Gasteiger partial charge >= 0.3 is 5.97 Å². The molecule has 0 saturated carbocycles. The summed E-state index contributed by atoms with van der Waals surface area (Å²) in [7, 11) is 0. The van der Waals surface area contributed by atoms with E-state index in [1.54, 1.807) is 0 Å². The predicted octanol–water partition coefficient (Wildman–Crippen LogP) is -14.6. The van der Waals surface area contributed by atoms with Gasteiger partial charge in [0.25, 0.3) is 5.79 Å². The molecular weight excluding hydrogens is 1090 g/mol. The van der Waals surface area contributed by atoms with Crippen LogP contribution in [0.1, 0.15) is 20.3 Å². The van der Waals surface area contributed by atoms with Crippen LogP contribution in [0.25, 0.3) is 0 Å². The molecule has 6 aliphatic heterocycles. The molecule has 6 fully saturated rings. The Labute approximate surface area is 446 Å². The number of carboxylic acids is 1. The van der Waals surface area contributed by atoms with E-state index in [-0.39, 0.29) is 0 Å². The van der Waals surface area contributed by atoms with Crippen molar-refractivity contribution in [2.75, 3.05) is 39.6 Å². The molecule has 0 unspecified atom stereocenters. The second-order valence-electron chi connectivity index (χ2n) is 19.7. The summed E-state index contributed by atoms with van der Waals surface area (Å²) in [5.41, 5.74) is 0. The van der Waals surface area contributed by atoms with Crippen LogP contribution in [0.3, 0.4) is 0 Å². The molecular formula is C43H72N2O34. The van der Waals surface area contributed by atoms with Crippen molar-refractivity contribution in [3.8, 4) is 0 Å². The van der Waals surface area contributed by atoms with Gasteiger partial charge in [0.2, 0.25) is 11.8 Å². The van der Waals surface area contributed by atoms with Gasteiger partial charge in [0, 0.05) is 20.3 Å². The number of aliphatic hydroxyl groups is 19. The summed E-state index contributed by atoms with van der Waals surface area (Å²) < 4.78 is 62.0. The summed E-state index contributed by atoms with van der Waals surface area (Å²) in [6.45, 7) is -4.50. The van der Waals surface area contributed by atoms with Crippen LogP contribution in [0, 0.1) is 0 Å². The van der Waals surface area contributed by atoms with Crippen molar-refractivity contribution in [3.05, 3.63) is 0 Å². The Balaban J connectivity index is 1.23. The fourth-order valence-electron chi connectivity index (χ4n) is 10.0. The number of ether oxygens (including phenoxy) is 11. The van der Waals surface area contributed by atoms with Crippen molar-refractivity contribution in [1.29, 1.82) is 0 Å². The second kappa shape index (κ2) is 27.7. The second-order valence-corrected chi connectivity index (χ2v) is 19.7. The van der Waals surface area contributed by atoms with Gasteiger partial charge in [0.1, 0.15) is 140 Å². The molecule has 0 radical (unpaired) electrons. The maximum atomic E-state index is 13.0. The monoisotopic (exact) mass is 1160 g/mol. The van der Waals surface area contributed by atoms with E-state index in [1.165, 1.54) is 0 Å². The van der Waals surface area contributed by atoms with Crippen LogP contribution in [0.2, 0.25) is 0 Å². The summed E-state index contributed by atoms with van der Waals surface area (Å²) in [5.74, 6) is -7.05. The van der Waals surface area contributed by atoms with Crippen molar-refractivity contribution < 1.29 is 169 Å². The lowest BCUT2D eigenvalue weighted by Gasteiger charge is -2.51. The molecule has 0 aromatic rings. The number of carbonyl (C=O) groups excluding carboxylic acids is 2. The van der Waals surface area contributed by atoms with Gasteiger partial charge in [0.05, 0.1) is 51.8 Å². The number of hydrogen-bond acceptors (Lipinski definition) is 33. The SMILES string of the molecule is CC(=O)N[C@H]1[C@H](O[C@H]2[C@@H](O)[C@@H](CO)O[C@H](O[C@H]3[C@@H](O)[C@@H](CO)O[C@@H](O[C@H]4[C@H](O)[C@@H](O)[C@H](O)O[C@@H]4CO)[C@@H]3O)[C@@H]2O)O[C@H](CO)[C@@H](O[C@@H]2O[C@H](CO)[C@H](O)[C@H](O[C@]3(C(=O)O)C[C@H](O)[C@@H](NC(C)=O)[C@H]([C@H](O)[C@H](O)CO)O3)[C@H]2O)[C@@H]1O. The Hall–Kier alpha value is -2.79. The van der Waals surface area contributed by atoms with E-state index in [0.717, 1.165) is 13.8 Å². The number of aliphatic hydroxyl groups excluding tert-OH is 19. The van der Waals surface area contributed by atoms with Gasteiger partial charge in [-0.05, 0) is 0 Å². The Bertz CT molecular complexity index is 1970. The molecule has 6 saturated heterocycles. The first-order valence-electron chi connectivity index (χ1n) is 24.8. The molecule has 0 bridgehead atoms. The average molecular weight is 1160 g/mol. The lowest BCUT2D eigenvalue weighted by molar-refractivity contribution is -0.393. The Morgan fingerprint density at radius 2 is 0.886 bits per heavy atom. The summed E-state index contributed by atoms with van der Waals surface area (Å²) in [6, 6.07) is -3.57. The van der Waals surface area contributed by atoms with Gasteiger partial charge in [-0.15, -0.1) is 0 Å². The van der Waals surface area contributed by atoms with Crippen LogP contribution < -0.4 is 10.6 Å². The van der Waals surface area contributed by atoms with Gasteiger partial charge < -0.3 is 165 Å². The van der Waals surface area contributed by atoms with Crippen molar-refractivity contribution >= 4 is 17.8 Å². The molecule has 0 aromatic heterocycles. The van der Waals surface area contributed by atoms with Crippen molar-refractivity contribution in [2.45, 2.75) is 210 Å². The molecule has 6 aliphatic rings. The maximum Gasteiger partial charge on any atom is 0.364 e. The van der Waals surface area contributed by atoms with E-state index in [2.05, 4.69) is 10.6 Å². The van der Waals surface area contributed by atoms with E-state index >= 15 is 0 Å². The van der Waals surface area contributed by atoms with Crippen LogP contribution in [0.4, 0.5) is 0 Å². The first-order valence-corrected chi connectivity index (χ1v) is 24.8. The van der Waals surface area contributed by atoms with Crippen LogP contribution in [0.5, 0.6) is 0 Å². The topological polar surface area (TPSA) is 581 Å². The third kappa shape index (κ3) is 13.9. The van der Waals surface area contributed by atoms with Gasteiger partial charge in [-0.1, -0.05) is 0 Å². The van der Waals surface area contributed by atoms with Gasteiger partial charge in [-0.25, -0.2) is 4.79 Å². The largest absolute Gasteiger partial charge is 0.477 e. The van der Waals surface area contributed by atoms with Crippen molar-refractivity contribution in [1.82, 2.24) is 10.6 Å². The molecule has 0 spiro atoms. The highest BCUT2D eigenvalue weighted by molar-refractivity contribution is 5.76. The van der Waals surface area contributed by atoms with E-state index in [1.807, 2.05) is 0 Å². The third-order valence-corrected chi connectivity index (χ3v) is 14.2. The highest BCUT2D eigenvalue weighted by Crippen LogP contribution is 2.40. The first-order chi connectivity index (χ1) is 37.2. The van der Waals surface area contributed by atoms with Gasteiger partial charge in [-0.3, -0.25) is 9.59 Å². The normalized spacial score (nSPS) is 47.7. The highest BCUT2D eigenvalue weighted by Gasteiger charge is 2.61. The zero-order valence-corrected chi connectivity index (χ0v) is 41.9. The highest BCUT2D eigenvalue weighted by atomic mass is 16.8. The number of carboxylic acid groups (broad SMARTS) is 1. The smallest absolute Gasteiger partial charge is 0.364 e. The van der Waals surface area contributed by atoms with Gasteiger partial charge in [-0.2, -0.15) is 0 Å². The first kappa shape index (κ1) is 65.4. The Morgan fingerprint density at radius 3 is 1.33 bits per heavy atom. The van der Waals surface area contributed by atoms with Crippen molar-refractivity contribution in [2.24, 2.45) is 0 Å². The average Bonchev–Trinajstić information content (AvgIpc) is 3.54. The number of nitrogens with one attached hydrogen (secondary N) is 2. The maximum absolute atomic E-state index is 13.0. The quantitative estimate of drug-likeness (QED) is 0.0507. The zero-order chi connectivity index (χ0) is 58.7. The summed E-state index contributed by atoms with van der Waals surface area (Å²) in [6.07, 6.45) is -58.4. The van der Waals surface area contributed by atoms with E-state index in [0.29, 0.717) is 0 Å². The number of hydrogen-bond donors (Lipinski definition) is 22. The molecule has 22 N–H and O–H groups in total. The predicted molar refractivity (Wildman–Crippen MR) is 240 cm³/mol. The molecule has 0 aliphatic carbocycles. The Morgan fingerprint density at radius 1 is 0.494 bits per heavy atom. The summed E-state index contributed by atoms with van der Waals surface area (Å²) in [4.78, 5) is 37.7. The lowest BCUT2D eigenvalue weighted by atomic mass is 9.88. The van der Waals surface area contributed by atoms with E-state index < -0.39 is 254 Å². The molecule has 6 rings (SSSR count). The zero-order valence-electron chi connectivity index (χ0n) is 41.9. The van der Waals surface area contributed by atoms with Crippen LogP contribution >= 0.6 is 0 Å². The molecule has 0 aromatic carbocycles. The van der Waals surface area contributed by atoms with Crippen LogP contribution in [0.15, 0.2) is 0 Å². The molecule has 36 heteroatoms. The minimum atomic E-state index is -3.20. The molecule has 2 amide bonds. The van der Waals surface area contributed by atoms with Gasteiger partial charge in [0.15, 0.2) is 31.5 Å². The lowest BCUT2D eigenvalue weighted by Crippen LogP contribution is -2.71. The fourth-order valence-corrected chi connectivity index (χ4v) is 10.0. The fraction of sp³-hybridized carbons (Fsp3) is 0.930. The molecule has 458 valence electrons. The molecule has 36 nitrogen and oxygen atoms in total. The third-order valence-electron chi connectivity index (χ3n) is 14.2. The number of aliphatic carboxylic acids is 1. The Kier molecular flexibility index (Phi) is 22.9. The molecule has 6 heterocycles. The molecule has 31 atom stereocenters. The van der Waals surface area contributed by atoms with Crippen molar-refractivity contribution in [3.63, 3.8) is 0 Å². The number of carbonyl (C=O) groups is 3. The minimum absolute atomic E-state index is 0.829. The van der Waals surface area contributed by atoms with E-state index in [4.69, 9.17) is 52.1 Å². The van der Waals surface area contributed by atoms with Crippen LogP contribution in [-0.2, 0) is 66.5 Å². The number of rotatable bonds is 21. The summed E-state index contributed by atoms with van der Waals surface area (Å²) >= 11 is 0. The summed E-state index contributed by atoms with van der Waals surface area (Å²) in [5, 5.41) is 219. The number of amides is 2. The minimum Gasteiger partial charge on any atom is -0.477 e. The van der Waals surface area contributed by atoms with E-state index in [9.17, 15) is 117 Å². The standard InChI is InChI=1S/C43H72N2O34/c1-10(52)44-19-12(54)3-43(42(67)68,78-33(19)21(56)13(55)4-46)79-36-24(59)16(7-49)72-41(30(36)65)74-31-18(9-51)73-38(20(25(31)60)45-11(2)53)76-34-22(57)14(5-47)71-40(28(34)63)77-35-23(58)15(6-48)70-39(29(35)64)75-32-17(8-50)69-37(66)27(62)26(32)61/h12-41,46-51,54-66H,3-9H2,1-2H3,(H,44,52)(H,45,53)(H,67,68)/t12-,13+,14+,15+,16+,17+,18+,19+,20+,21+,22-,23-,24-,25+,26+,27+,28+,29+,30+,31+,32+,33+,34-,35-,36-,37+,38-,39-,40+,41-,43-/m0/s1. The molecule has 79 heavy (non-hydrogen) atoms. The van der Waals surface area contributed by atoms with Crippen LogP contribution in [-0.4, -0.2) is 349 Å².